The van der Waals surface area contributed by atoms with Gasteiger partial charge in [-0.05, 0) is 47.2 Å². The third-order valence-corrected chi connectivity index (χ3v) is 3.71. The second-order valence-electron chi connectivity index (χ2n) is 5.68. The van der Waals surface area contributed by atoms with Crippen LogP contribution in [0.4, 0.5) is 5.82 Å². The molecule has 3 rings (SSSR count). The fraction of sp³-hybridized carbons (Fsp3) is 0.222. The Balaban J connectivity index is 1.78. The van der Waals surface area contributed by atoms with Crippen molar-refractivity contribution in [2.24, 2.45) is 0 Å². The molecule has 2 heterocycles. The van der Waals surface area contributed by atoms with E-state index in [1.165, 1.54) is 5.56 Å². The molecule has 2 aromatic heterocycles. The Morgan fingerprint density at radius 2 is 2.09 bits per heavy atom. The van der Waals surface area contributed by atoms with E-state index in [1.807, 2.05) is 22.9 Å². The van der Waals surface area contributed by atoms with E-state index in [-0.39, 0.29) is 12.5 Å². The van der Waals surface area contributed by atoms with Crippen LogP contribution in [-0.2, 0) is 11.3 Å². The molecule has 1 amide bonds. The van der Waals surface area contributed by atoms with Gasteiger partial charge in [-0.2, -0.15) is 0 Å². The van der Waals surface area contributed by atoms with Crippen LogP contribution < -0.4 is 5.32 Å². The monoisotopic (exact) mass is 293 g/mol. The number of pyridine rings is 1. The number of amides is 1. The topological polar surface area (TPSA) is 46.9 Å². The molecule has 0 spiro atoms. The molecule has 0 aliphatic heterocycles. The number of rotatable bonds is 4. The van der Waals surface area contributed by atoms with Crippen molar-refractivity contribution in [3.63, 3.8) is 0 Å². The highest BCUT2D eigenvalue weighted by atomic mass is 16.2. The van der Waals surface area contributed by atoms with E-state index >= 15 is 0 Å². The van der Waals surface area contributed by atoms with Crippen molar-refractivity contribution in [3.8, 4) is 0 Å². The molecule has 4 nitrogen and oxygen atoms in total. The average molecular weight is 293 g/mol. The average Bonchev–Trinajstić information content (AvgIpc) is 2.90. The summed E-state index contributed by atoms with van der Waals surface area (Å²) in [6, 6.07) is 13.9. The highest BCUT2D eigenvalue weighted by Gasteiger charge is 2.08. The minimum Gasteiger partial charge on any atom is -0.338 e. The van der Waals surface area contributed by atoms with E-state index in [1.54, 1.807) is 12.3 Å². The second kappa shape index (κ2) is 6.02. The molecule has 22 heavy (non-hydrogen) atoms. The zero-order chi connectivity index (χ0) is 15.5. The molecule has 0 radical (unpaired) electrons. The number of benzene rings is 1. The summed E-state index contributed by atoms with van der Waals surface area (Å²) in [6.45, 7) is 4.64. The van der Waals surface area contributed by atoms with E-state index in [4.69, 9.17) is 0 Å². The summed E-state index contributed by atoms with van der Waals surface area (Å²) in [5.41, 5.74) is 2.38. The van der Waals surface area contributed by atoms with Gasteiger partial charge in [0.15, 0.2) is 0 Å². The number of anilines is 1. The molecular formula is C18H19N3O. The Morgan fingerprint density at radius 3 is 2.82 bits per heavy atom. The first kappa shape index (κ1) is 14.3. The van der Waals surface area contributed by atoms with Gasteiger partial charge in [0.1, 0.15) is 12.4 Å². The van der Waals surface area contributed by atoms with Gasteiger partial charge in [-0.25, -0.2) is 4.98 Å². The van der Waals surface area contributed by atoms with Crippen LogP contribution in [0.5, 0.6) is 0 Å². The molecule has 3 aromatic rings. The number of carbonyl (C=O) groups is 1. The predicted octanol–water partition coefficient (Wildman–Crippen LogP) is 3.80. The van der Waals surface area contributed by atoms with Gasteiger partial charge in [0.2, 0.25) is 5.91 Å². The van der Waals surface area contributed by atoms with Crippen LogP contribution in [-0.4, -0.2) is 15.5 Å². The maximum absolute atomic E-state index is 12.1. The summed E-state index contributed by atoms with van der Waals surface area (Å²) in [7, 11) is 0. The fourth-order valence-electron chi connectivity index (χ4n) is 2.49. The number of carbonyl (C=O) groups excluding carboxylic acids is 1. The first-order valence-electron chi connectivity index (χ1n) is 7.43. The van der Waals surface area contributed by atoms with Crippen molar-refractivity contribution in [3.05, 3.63) is 60.4 Å². The van der Waals surface area contributed by atoms with Gasteiger partial charge in [0.25, 0.3) is 0 Å². The maximum Gasteiger partial charge on any atom is 0.245 e. The summed E-state index contributed by atoms with van der Waals surface area (Å²) in [4.78, 5) is 16.2. The molecule has 0 atom stereocenters. The van der Waals surface area contributed by atoms with Gasteiger partial charge in [0.05, 0.1) is 0 Å². The summed E-state index contributed by atoms with van der Waals surface area (Å²) in [5.74, 6) is 0.996. The summed E-state index contributed by atoms with van der Waals surface area (Å²) in [6.07, 6.45) is 3.61. The standard InChI is InChI=1S/C18H19N3O/c1-13(2)14-6-7-16-15(11-14)8-10-21(16)12-18(22)20-17-5-3-4-9-19-17/h3-11,13H,12H2,1-2H3,(H,19,20,22). The van der Waals surface area contributed by atoms with E-state index in [0.29, 0.717) is 11.7 Å². The van der Waals surface area contributed by atoms with Crippen LogP contribution in [0.25, 0.3) is 10.9 Å². The largest absolute Gasteiger partial charge is 0.338 e. The minimum absolute atomic E-state index is 0.0795. The first-order chi connectivity index (χ1) is 10.6. The minimum atomic E-state index is -0.0795. The second-order valence-corrected chi connectivity index (χ2v) is 5.68. The lowest BCUT2D eigenvalue weighted by Crippen LogP contribution is -2.18. The molecule has 1 aromatic carbocycles. The first-order valence-corrected chi connectivity index (χ1v) is 7.43. The van der Waals surface area contributed by atoms with Crippen LogP contribution in [0.2, 0.25) is 0 Å². The van der Waals surface area contributed by atoms with Gasteiger partial charge in [0, 0.05) is 17.9 Å². The Labute approximate surface area is 129 Å². The van der Waals surface area contributed by atoms with Crippen molar-refractivity contribution in [1.29, 1.82) is 0 Å². The van der Waals surface area contributed by atoms with Gasteiger partial charge < -0.3 is 9.88 Å². The number of hydrogen-bond donors (Lipinski definition) is 1. The number of hydrogen-bond acceptors (Lipinski definition) is 2. The Hall–Kier alpha value is -2.62. The van der Waals surface area contributed by atoms with Gasteiger partial charge in [-0.1, -0.05) is 26.0 Å². The molecule has 4 heteroatoms. The molecule has 0 saturated carbocycles. The van der Waals surface area contributed by atoms with Crippen molar-refractivity contribution in [1.82, 2.24) is 9.55 Å². The van der Waals surface area contributed by atoms with Crippen LogP contribution in [0.15, 0.2) is 54.9 Å². The van der Waals surface area contributed by atoms with E-state index in [0.717, 1.165) is 10.9 Å². The molecule has 112 valence electrons. The lowest BCUT2D eigenvalue weighted by molar-refractivity contribution is -0.116. The molecule has 0 fully saturated rings. The molecule has 0 unspecified atom stereocenters. The van der Waals surface area contributed by atoms with Crippen LogP contribution in [0, 0.1) is 0 Å². The number of nitrogens with one attached hydrogen (secondary N) is 1. The molecule has 0 aliphatic carbocycles. The van der Waals surface area contributed by atoms with Gasteiger partial charge in [-0.3, -0.25) is 4.79 Å². The molecule has 0 bridgehead atoms. The zero-order valence-corrected chi connectivity index (χ0v) is 12.8. The molecule has 0 aliphatic rings. The summed E-state index contributed by atoms with van der Waals surface area (Å²) in [5, 5.41) is 3.97. The Morgan fingerprint density at radius 1 is 1.23 bits per heavy atom. The summed E-state index contributed by atoms with van der Waals surface area (Å²) < 4.78 is 1.96. The van der Waals surface area contributed by atoms with Crippen molar-refractivity contribution < 1.29 is 4.79 Å². The maximum atomic E-state index is 12.1. The zero-order valence-electron chi connectivity index (χ0n) is 12.8. The third kappa shape index (κ3) is 3.01. The SMILES string of the molecule is CC(C)c1ccc2c(ccn2CC(=O)Nc2ccccn2)c1. The molecule has 1 N–H and O–H groups in total. The highest BCUT2D eigenvalue weighted by molar-refractivity contribution is 5.91. The molecule has 0 saturated heterocycles. The van der Waals surface area contributed by atoms with E-state index in [2.05, 4.69) is 48.4 Å². The van der Waals surface area contributed by atoms with Crippen molar-refractivity contribution in [2.75, 3.05) is 5.32 Å². The summed E-state index contributed by atoms with van der Waals surface area (Å²) >= 11 is 0. The Bertz CT molecular complexity index is 790. The van der Waals surface area contributed by atoms with Gasteiger partial charge in [-0.15, -0.1) is 0 Å². The number of nitrogens with zero attached hydrogens (tertiary/aromatic N) is 2. The number of fused-ring (bicyclic) bond motifs is 1. The number of aromatic nitrogens is 2. The smallest absolute Gasteiger partial charge is 0.245 e. The van der Waals surface area contributed by atoms with E-state index in [9.17, 15) is 4.79 Å². The highest BCUT2D eigenvalue weighted by Crippen LogP contribution is 2.22. The van der Waals surface area contributed by atoms with E-state index < -0.39 is 0 Å². The van der Waals surface area contributed by atoms with Crippen molar-refractivity contribution >= 4 is 22.6 Å². The Kier molecular flexibility index (Phi) is 3.92. The normalized spacial score (nSPS) is 11.0. The van der Waals surface area contributed by atoms with Gasteiger partial charge >= 0.3 is 0 Å². The lowest BCUT2D eigenvalue weighted by atomic mass is 10.0. The van der Waals surface area contributed by atoms with Crippen molar-refractivity contribution in [2.45, 2.75) is 26.3 Å². The van der Waals surface area contributed by atoms with Crippen LogP contribution in [0.1, 0.15) is 25.3 Å². The fourth-order valence-corrected chi connectivity index (χ4v) is 2.49. The lowest BCUT2D eigenvalue weighted by Gasteiger charge is -2.08. The quantitative estimate of drug-likeness (QED) is 0.795. The third-order valence-electron chi connectivity index (χ3n) is 3.71. The van der Waals surface area contributed by atoms with Crippen LogP contribution in [0.3, 0.4) is 0 Å². The van der Waals surface area contributed by atoms with Crippen LogP contribution >= 0.6 is 0 Å². The predicted molar refractivity (Wildman–Crippen MR) is 88.9 cm³/mol. The molecular weight excluding hydrogens is 274 g/mol.